The Kier molecular flexibility index (Phi) is 18.0. The first-order chi connectivity index (χ1) is 12.2. The van der Waals surface area contributed by atoms with Gasteiger partial charge in [0.05, 0.1) is 19.8 Å². The van der Waals surface area contributed by atoms with Crippen molar-refractivity contribution < 1.29 is 14.2 Å². The van der Waals surface area contributed by atoms with E-state index in [1.54, 1.807) is 0 Å². The Morgan fingerprint density at radius 1 is 0.640 bits per heavy atom. The van der Waals surface area contributed by atoms with Gasteiger partial charge in [-0.1, -0.05) is 82.1 Å². The minimum absolute atomic E-state index is 0.280. The maximum Gasteiger partial charge on any atom is 0.285 e. The molecule has 0 aliphatic heterocycles. The molecule has 0 radical (unpaired) electrons. The highest BCUT2D eigenvalue weighted by Gasteiger charge is 2.41. The van der Waals surface area contributed by atoms with Crippen LogP contribution in [0, 0.1) is 5.92 Å². The summed E-state index contributed by atoms with van der Waals surface area (Å²) in [6.45, 7) is 10.7. The normalized spacial score (nSPS) is 13.3. The molecule has 0 aliphatic rings. The van der Waals surface area contributed by atoms with Gasteiger partial charge in [-0.2, -0.15) is 0 Å². The first-order valence-electron chi connectivity index (χ1n) is 10.7. The zero-order valence-corrected chi connectivity index (χ0v) is 18.9. The standard InChI is InChI=1S/C21H43BrO3/c1-5-9-10-11-12-13-14-20(15-16-22)21(23-17-6-2,24-18-7-3)25-19-8-4/h20H,5-19H2,1-4H3. The fraction of sp³-hybridized carbons (Fsp3) is 1.00. The summed E-state index contributed by atoms with van der Waals surface area (Å²) in [5.74, 6) is -0.582. The predicted octanol–water partition coefficient (Wildman–Crippen LogP) is 7.07. The summed E-state index contributed by atoms with van der Waals surface area (Å²) >= 11 is 3.62. The van der Waals surface area contributed by atoms with E-state index in [-0.39, 0.29) is 5.92 Å². The SMILES string of the molecule is CCCCCCCCC(CCBr)C(OCCC)(OCCC)OCCC. The molecular formula is C21H43BrO3. The molecule has 0 fully saturated rings. The zero-order valence-electron chi connectivity index (χ0n) is 17.3. The molecule has 0 spiro atoms. The maximum absolute atomic E-state index is 6.23. The van der Waals surface area contributed by atoms with E-state index >= 15 is 0 Å². The molecule has 0 amide bonds. The van der Waals surface area contributed by atoms with E-state index < -0.39 is 5.97 Å². The van der Waals surface area contributed by atoms with Crippen LogP contribution in [-0.2, 0) is 14.2 Å². The van der Waals surface area contributed by atoms with Gasteiger partial charge in [0.2, 0.25) is 0 Å². The molecule has 0 aliphatic carbocycles. The van der Waals surface area contributed by atoms with Crippen LogP contribution in [0.2, 0.25) is 0 Å². The van der Waals surface area contributed by atoms with Gasteiger partial charge < -0.3 is 14.2 Å². The second-order valence-corrected chi connectivity index (χ2v) is 7.67. The van der Waals surface area contributed by atoms with E-state index in [9.17, 15) is 0 Å². The van der Waals surface area contributed by atoms with Crippen LogP contribution in [0.5, 0.6) is 0 Å². The summed E-state index contributed by atoms with van der Waals surface area (Å²) in [5, 5.41) is 0.954. The molecular weight excluding hydrogens is 380 g/mol. The Morgan fingerprint density at radius 2 is 1.12 bits per heavy atom. The fourth-order valence-electron chi connectivity index (χ4n) is 3.01. The number of halogens is 1. The van der Waals surface area contributed by atoms with Crippen LogP contribution in [0.3, 0.4) is 0 Å². The third-order valence-corrected chi connectivity index (χ3v) is 4.84. The summed E-state index contributed by atoms with van der Waals surface area (Å²) in [6, 6.07) is 0. The zero-order chi connectivity index (χ0) is 18.8. The molecule has 4 heteroatoms. The Morgan fingerprint density at radius 3 is 1.56 bits per heavy atom. The van der Waals surface area contributed by atoms with Gasteiger partial charge in [-0.25, -0.2) is 0 Å². The summed E-state index contributed by atoms with van der Waals surface area (Å²) in [6.07, 6.45) is 12.9. The van der Waals surface area contributed by atoms with Crippen LogP contribution < -0.4 is 0 Å². The summed E-state index contributed by atoms with van der Waals surface area (Å²) in [5.41, 5.74) is 0. The molecule has 0 aromatic carbocycles. The lowest BCUT2D eigenvalue weighted by Crippen LogP contribution is -2.47. The number of hydrogen-bond donors (Lipinski definition) is 0. The fourth-order valence-corrected chi connectivity index (χ4v) is 3.56. The van der Waals surface area contributed by atoms with Crippen molar-refractivity contribution in [1.82, 2.24) is 0 Å². The van der Waals surface area contributed by atoms with Crippen molar-refractivity contribution in [2.45, 2.75) is 104 Å². The van der Waals surface area contributed by atoms with Gasteiger partial charge in [-0.05, 0) is 32.1 Å². The highest BCUT2D eigenvalue weighted by Crippen LogP contribution is 2.34. The topological polar surface area (TPSA) is 27.7 Å². The van der Waals surface area contributed by atoms with E-state index in [0.717, 1.165) is 37.4 Å². The van der Waals surface area contributed by atoms with Gasteiger partial charge in [-0.15, -0.1) is 0 Å². The molecule has 0 rings (SSSR count). The first kappa shape index (κ1) is 25.4. The summed E-state index contributed by atoms with van der Waals surface area (Å²) in [7, 11) is 0. The molecule has 152 valence electrons. The smallest absolute Gasteiger partial charge is 0.285 e. The van der Waals surface area contributed by atoms with E-state index in [1.165, 1.54) is 38.5 Å². The van der Waals surface area contributed by atoms with E-state index in [2.05, 4.69) is 43.6 Å². The monoisotopic (exact) mass is 422 g/mol. The van der Waals surface area contributed by atoms with Crippen LogP contribution >= 0.6 is 15.9 Å². The van der Waals surface area contributed by atoms with Gasteiger partial charge in [0.1, 0.15) is 0 Å². The minimum atomic E-state index is -0.862. The molecule has 0 N–H and O–H groups in total. The maximum atomic E-state index is 6.23. The molecule has 0 heterocycles. The Balaban J connectivity index is 4.88. The Bertz CT molecular complexity index is 252. The number of hydrogen-bond acceptors (Lipinski definition) is 3. The summed E-state index contributed by atoms with van der Waals surface area (Å²) < 4.78 is 18.7. The number of rotatable bonds is 19. The molecule has 1 unspecified atom stereocenters. The predicted molar refractivity (Wildman–Crippen MR) is 111 cm³/mol. The second-order valence-electron chi connectivity index (χ2n) is 6.88. The summed E-state index contributed by atoms with van der Waals surface area (Å²) in [4.78, 5) is 0. The molecule has 25 heavy (non-hydrogen) atoms. The van der Waals surface area contributed by atoms with Gasteiger partial charge >= 0.3 is 0 Å². The van der Waals surface area contributed by atoms with Crippen LogP contribution in [-0.4, -0.2) is 31.1 Å². The van der Waals surface area contributed by atoms with Crippen molar-refractivity contribution in [3.8, 4) is 0 Å². The van der Waals surface area contributed by atoms with Crippen molar-refractivity contribution in [3.05, 3.63) is 0 Å². The van der Waals surface area contributed by atoms with Gasteiger partial charge in [0.15, 0.2) is 0 Å². The lowest BCUT2D eigenvalue weighted by atomic mass is 9.95. The molecule has 0 aromatic rings. The highest BCUT2D eigenvalue weighted by molar-refractivity contribution is 9.09. The van der Waals surface area contributed by atoms with E-state index in [4.69, 9.17) is 14.2 Å². The van der Waals surface area contributed by atoms with Crippen LogP contribution in [0.15, 0.2) is 0 Å². The molecule has 0 bridgehead atoms. The van der Waals surface area contributed by atoms with E-state index in [1.807, 2.05) is 0 Å². The van der Waals surface area contributed by atoms with Crippen molar-refractivity contribution in [2.75, 3.05) is 25.2 Å². The largest absolute Gasteiger partial charge is 0.327 e. The van der Waals surface area contributed by atoms with Gasteiger partial charge in [-0.3, -0.25) is 0 Å². The Labute approximate surface area is 165 Å². The number of ether oxygens (including phenoxy) is 3. The van der Waals surface area contributed by atoms with Crippen molar-refractivity contribution in [2.24, 2.45) is 5.92 Å². The molecule has 0 aromatic heterocycles. The van der Waals surface area contributed by atoms with Crippen molar-refractivity contribution in [3.63, 3.8) is 0 Å². The van der Waals surface area contributed by atoms with Crippen LogP contribution in [0.4, 0.5) is 0 Å². The molecule has 1 atom stereocenters. The van der Waals surface area contributed by atoms with Crippen molar-refractivity contribution >= 4 is 15.9 Å². The van der Waals surface area contributed by atoms with Crippen LogP contribution in [0.25, 0.3) is 0 Å². The Hall–Kier alpha value is 0.360. The van der Waals surface area contributed by atoms with Crippen molar-refractivity contribution in [1.29, 1.82) is 0 Å². The van der Waals surface area contributed by atoms with Gasteiger partial charge in [0, 0.05) is 11.2 Å². The lowest BCUT2D eigenvalue weighted by molar-refractivity contribution is -0.406. The van der Waals surface area contributed by atoms with Crippen LogP contribution in [0.1, 0.15) is 98.3 Å². The third kappa shape index (κ3) is 11.6. The average molecular weight is 423 g/mol. The average Bonchev–Trinajstić information content (AvgIpc) is 2.63. The number of alkyl halides is 1. The molecule has 3 nitrogen and oxygen atoms in total. The van der Waals surface area contributed by atoms with E-state index in [0.29, 0.717) is 19.8 Å². The second kappa shape index (κ2) is 17.8. The molecule has 0 saturated heterocycles. The quantitative estimate of drug-likeness (QED) is 0.126. The molecule has 0 saturated carbocycles. The number of unbranched alkanes of at least 4 members (excludes halogenated alkanes) is 5. The minimum Gasteiger partial charge on any atom is -0.327 e. The lowest BCUT2D eigenvalue weighted by Gasteiger charge is -2.39. The highest BCUT2D eigenvalue weighted by atomic mass is 79.9. The van der Waals surface area contributed by atoms with Gasteiger partial charge in [0.25, 0.3) is 5.97 Å². The third-order valence-electron chi connectivity index (χ3n) is 4.39. The first-order valence-corrected chi connectivity index (χ1v) is 11.8.